The van der Waals surface area contributed by atoms with Gasteiger partial charge < -0.3 is 9.53 Å². The SMILES string of the molecule is O=C(O)O[SiH3].[AlH3]. The van der Waals surface area contributed by atoms with Gasteiger partial charge in [0.15, 0.2) is 17.4 Å². The minimum absolute atomic E-state index is 0. The van der Waals surface area contributed by atoms with Gasteiger partial charge in [0.25, 0.3) is 0 Å². The van der Waals surface area contributed by atoms with E-state index in [0.29, 0.717) is 0 Å². The minimum Gasteiger partial charge on any atom is -0.499 e. The predicted molar refractivity (Wildman–Crippen MR) is 29.0 cm³/mol. The summed E-state index contributed by atoms with van der Waals surface area (Å²) >= 11 is 0. The lowest BCUT2D eigenvalue weighted by Crippen LogP contribution is -1.92. The van der Waals surface area contributed by atoms with Gasteiger partial charge in [0.1, 0.15) is 0 Å². The molecule has 0 bridgehead atoms. The van der Waals surface area contributed by atoms with Gasteiger partial charge in [0.2, 0.25) is 10.5 Å². The molecule has 0 aromatic carbocycles. The zero-order chi connectivity index (χ0) is 4.28. The second-order valence-electron chi connectivity index (χ2n) is 0.470. The first-order valence-corrected chi connectivity index (χ1v) is 1.86. The van der Waals surface area contributed by atoms with Crippen LogP contribution < -0.4 is 0 Å². The van der Waals surface area contributed by atoms with Crippen molar-refractivity contribution in [3.8, 4) is 0 Å². The normalized spacial score (nSPS) is 6.00. The zero-order valence-corrected chi connectivity index (χ0v) is 4.76. The third-order valence-electron chi connectivity index (χ3n) is 0.175. The van der Waals surface area contributed by atoms with E-state index in [2.05, 4.69) is 4.43 Å². The molecule has 0 aliphatic rings. The van der Waals surface area contributed by atoms with Crippen LogP contribution in [0.1, 0.15) is 0 Å². The molecule has 0 amide bonds. The Kier molecular flexibility index (Phi) is 7.85. The van der Waals surface area contributed by atoms with Crippen LogP contribution in [-0.2, 0) is 4.43 Å². The number of carboxylic acid groups (broad SMARTS) is 1. The molecule has 0 unspecified atom stereocenters. The molecule has 0 aliphatic carbocycles. The molecule has 0 atom stereocenters. The highest BCUT2D eigenvalue weighted by molar-refractivity contribution is 6.03. The van der Waals surface area contributed by atoms with Crippen molar-refractivity contribution < 1.29 is 14.3 Å². The lowest BCUT2D eigenvalue weighted by molar-refractivity contribution is 0.148. The molecule has 0 saturated heterocycles. The lowest BCUT2D eigenvalue weighted by atomic mass is 11.5. The molecule has 0 aromatic heterocycles. The first-order valence-electron chi connectivity index (χ1n) is 1.04. The van der Waals surface area contributed by atoms with Gasteiger partial charge in [-0.25, -0.2) is 4.79 Å². The number of hydrogen-bond donors (Lipinski definition) is 1. The van der Waals surface area contributed by atoms with Gasteiger partial charge in [0.05, 0.1) is 0 Å². The average molecular weight is 122 g/mol. The number of rotatable bonds is 0. The lowest BCUT2D eigenvalue weighted by Gasteiger charge is -1.80. The minimum atomic E-state index is -1.18. The fourth-order valence-corrected chi connectivity index (χ4v) is 0. The van der Waals surface area contributed by atoms with E-state index >= 15 is 0 Å². The molecule has 0 heterocycles. The van der Waals surface area contributed by atoms with Crippen molar-refractivity contribution in [1.82, 2.24) is 0 Å². The smallest absolute Gasteiger partial charge is 0.491 e. The molecule has 0 saturated carbocycles. The average Bonchev–Trinajstić information content (AvgIpc) is 1.38. The Balaban J connectivity index is 0. The number of carbonyl (C=O) groups is 1. The van der Waals surface area contributed by atoms with E-state index in [4.69, 9.17) is 5.11 Å². The quantitative estimate of drug-likeness (QED) is 0.370. The van der Waals surface area contributed by atoms with Crippen LogP contribution in [0.4, 0.5) is 4.79 Å². The Labute approximate surface area is 49.0 Å². The molecule has 6 heavy (non-hydrogen) atoms. The maximum atomic E-state index is 9.18. The predicted octanol–water partition coefficient (Wildman–Crippen LogP) is -2.22. The van der Waals surface area contributed by atoms with Gasteiger partial charge in [-0.2, -0.15) is 0 Å². The first-order chi connectivity index (χ1) is 2.27. The number of hydrogen-bond acceptors (Lipinski definition) is 2. The second-order valence-corrected chi connectivity index (χ2v) is 0.878. The zero-order valence-electron chi connectivity index (χ0n) is 2.76. The van der Waals surface area contributed by atoms with Crippen molar-refractivity contribution in [1.29, 1.82) is 0 Å². The van der Waals surface area contributed by atoms with Crippen molar-refractivity contribution in [3.63, 3.8) is 0 Å². The Morgan fingerprint density at radius 3 is 2.00 bits per heavy atom. The van der Waals surface area contributed by atoms with E-state index in [1.165, 1.54) is 0 Å². The second kappa shape index (κ2) is 5.02. The van der Waals surface area contributed by atoms with Crippen molar-refractivity contribution in [3.05, 3.63) is 0 Å². The monoisotopic (exact) mass is 122 g/mol. The van der Waals surface area contributed by atoms with E-state index in [-0.39, 0.29) is 27.8 Å². The molecular weight excluding hydrogens is 115 g/mol. The van der Waals surface area contributed by atoms with Crippen molar-refractivity contribution in [2.24, 2.45) is 0 Å². The maximum absolute atomic E-state index is 9.18. The van der Waals surface area contributed by atoms with Gasteiger partial charge in [-0.15, -0.1) is 0 Å². The molecule has 0 aromatic rings. The molecule has 0 radical (unpaired) electrons. The Bertz CT molecular complexity index is 46.1. The molecule has 0 rings (SSSR count). The molecule has 0 aliphatic heterocycles. The van der Waals surface area contributed by atoms with Crippen LogP contribution in [0.15, 0.2) is 0 Å². The fourth-order valence-electron chi connectivity index (χ4n) is 0. The van der Waals surface area contributed by atoms with Gasteiger partial charge in [0, 0.05) is 0 Å². The standard InChI is InChI=1S/CH4O3Si.Al.3H/c2-1(3)4-5;;;;/h5H3,(H,2,3);;;;. The molecule has 3 nitrogen and oxygen atoms in total. The summed E-state index contributed by atoms with van der Waals surface area (Å²) in [6, 6.07) is 0. The topological polar surface area (TPSA) is 46.5 Å². The Hall–Kier alpha value is 0.0194. The van der Waals surface area contributed by atoms with Crippen LogP contribution in [0.25, 0.3) is 0 Å². The highest BCUT2D eigenvalue weighted by Crippen LogP contribution is 1.59. The van der Waals surface area contributed by atoms with Crippen LogP contribution in [0, 0.1) is 0 Å². The van der Waals surface area contributed by atoms with Crippen LogP contribution >= 0.6 is 0 Å². The highest BCUT2D eigenvalue weighted by Gasteiger charge is 1.79. The molecule has 0 spiro atoms. The van der Waals surface area contributed by atoms with E-state index in [1.807, 2.05) is 0 Å². The largest absolute Gasteiger partial charge is 0.499 e. The molecule has 36 valence electrons. The van der Waals surface area contributed by atoms with Crippen LogP contribution in [0.5, 0.6) is 0 Å². The Morgan fingerprint density at radius 1 is 1.83 bits per heavy atom. The highest BCUT2D eigenvalue weighted by atomic mass is 28.2. The fraction of sp³-hybridized carbons (Fsp3) is 0. The Morgan fingerprint density at radius 2 is 2.00 bits per heavy atom. The van der Waals surface area contributed by atoms with Crippen molar-refractivity contribution in [2.75, 3.05) is 0 Å². The van der Waals surface area contributed by atoms with E-state index in [1.54, 1.807) is 0 Å². The van der Waals surface area contributed by atoms with Gasteiger partial charge >= 0.3 is 6.16 Å². The summed E-state index contributed by atoms with van der Waals surface area (Å²) in [7, 11) is 0.274. The van der Waals surface area contributed by atoms with Crippen LogP contribution in [0.3, 0.4) is 0 Å². The van der Waals surface area contributed by atoms with E-state index in [9.17, 15) is 4.79 Å². The summed E-state index contributed by atoms with van der Waals surface area (Å²) in [6.45, 7) is 0. The van der Waals surface area contributed by atoms with E-state index < -0.39 is 6.16 Å². The molecule has 1 N–H and O–H groups in total. The van der Waals surface area contributed by atoms with Gasteiger partial charge in [-0.3, -0.25) is 0 Å². The first kappa shape index (κ1) is 9.39. The van der Waals surface area contributed by atoms with Gasteiger partial charge in [-0.05, 0) is 0 Å². The molecular formula is CH7AlO3Si. The summed E-state index contributed by atoms with van der Waals surface area (Å²) in [4.78, 5) is 9.18. The summed E-state index contributed by atoms with van der Waals surface area (Å²) in [5, 5.41) is 7.53. The summed E-state index contributed by atoms with van der Waals surface area (Å²) < 4.78 is 3.81. The van der Waals surface area contributed by atoms with Crippen molar-refractivity contribution >= 4 is 34.0 Å². The molecule has 5 heteroatoms. The van der Waals surface area contributed by atoms with Crippen molar-refractivity contribution in [2.45, 2.75) is 0 Å². The van der Waals surface area contributed by atoms with E-state index in [0.717, 1.165) is 0 Å². The van der Waals surface area contributed by atoms with Gasteiger partial charge in [-0.1, -0.05) is 0 Å². The summed E-state index contributed by atoms with van der Waals surface area (Å²) in [5.74, 6) is 0. The summed E-state index contributed by atoms with van der Waals surface area (Å²) in [6.07, 6.45) is -1.18. The van der Waals surface area contributed by atoms with Crippen LogP contribution in [0.2, 0.25) is 0 Å². The third kappa shape index (κ3) is 8.99. The maximum Gasteiger partial charge on any atom is 0.491 e. The summed E-state index contributed by atoms with van der Waals surface area (Å²) in [5.41, 5.74) is 0. The molecule has 0 fully saturated rings. The third-order valence-corrected chi connectivity index (χ3v) is 0.524. The van der Waals surface area contributed by atoms with Crippen LogP contribution in [-0.4, -0.2) is 39.1 Å².